The summed E-state index contributed by atoms with van der Waals surface area (Å²) in [7, 11) is 0. The minimum absolute atomic E-state index is 0.175. The first-order chi connectivity index (χ1) is 10.5. The highest BCUT2D eigenvalue weighted by molar-refractivity contribution is 5.97. The van der Waals surface area contributed by atoms with E-state index in [1.54, 1.807) is 13.8 Å². The molecular weight excluding hydrogens is 313 g/mol. The van der Waals surface area contributed by atoms with Crippen LogP contribution in [0.2, 0.25) is 0 Å². The van der Waals surface area contributed by atoms with Crippen molar-refractivity contribution >= 4 is 11.6 Å². The average Bonchev–Trinajstić information content (AvgIpc) is 2.44. The quantitative estimate of drug-likeness (QED) is 0.869. The highest BCUT2D eigenvalue weighted by atomic mass is 19.4. The van der Waals surface area contributed by atoms with E-state index in [-0.39, 0.29) is 18.4 Å². The first kappa shape index (κ1) is 18.9. The minimum Gasteiger partial charge on any atom is -0.378 e. The zero-order valence-corrected chi connectivity index (χ0v) is 12.9. The van der Waals surface area contributed by atoms with E-state index in [1.807, 2.05) is 0 Å². The Hall–Kier alpha value is -2.11. The number of nitrogens with zero attached hydrogens (tertiary/aromatic N) is 1. The summed E-state index contributed by atoms with van der Waals surface area (Å²) in [6.07, 6.45) is -4.95. The molecule has 0 bridgehead atoms. The maximum Gasteiger partial charge on any atom is 0.417 e. The summed E-state index contributed by atoms with van der Waals surface area (Å²) in [5.74, 6) is -0.906. The Bertz CT molecular complexity index is 619. The maximum absolute atomic E-state index is 12.9. The highest BCUT2D eigenvalue weighted by Gasteiger charge is 2.35. The van der Waals surface area contributed by atoms with Crippen molar-refractivity contribution in [3.05, 3.63) is 29.3 Å². The summed E-state index contributed by atoms with van der Waals surface area (Å²) < 4.78 is 43.7. The molecule has 0 aliphatic rings. The number of rotatable bonds is 5. The number of amides is 1. The van der Waals surface area contributed by atoms with Crippen LogP contribution in [0.4, 0.5) is 18.9 Å². The molecule has 8 heteroatoms. The van der Waals surface area contributed by atoms with Gasteiger partial charge in [-0.1, -0.05) is 0 Å². The number of carbonyl (C=O) groups is 1. The number of benzene rings is 1. The van der Waals surface area contributed by atoms with Crippen LogP contribution in [0.3, 0.4) is 0 Å². The van der Waals surface area contributed by atoms with Gasteiger partial charge in [-0.3, -0.25) is 4.79 Å². The lowest BCUT2D eigenvalue weighted by atomic mass is 10.1. The number of nitrogens with one attached hydrogen (secondary N) is 1. The molecule has 1 atom stereocenters. The predicted octanol–water partition coefficient (Wildman–Crippen LogP) is 2.69. The second-order valence-corrected chi connectivity index (χ2v) is 5.46. The Balaban J connectivity index is 2.97. The summed E-state index contributed by atoms with van der Waals surface area (Å²) >= 11 is 0. The largest absolute Gasteiger partial charge is 0.417 e. The molecule has 1 aromatic carbocycles. The Morgan fingerprint density at radius 2 is 2.04 bits per heavy atom. The Labute approximate surface area is 131 Å². The molecule has 5 nitrogen and oxygen atoms in total. The molecule has 2 N–H and O–H groups in total. The minimum atomic E-state index is -4.73. The normalized spacial score (nSPS) is 14.2. The molecule has 1 amide bonds. The number of aliphatic hydroxyl groups is 1. The molecule has 0 radical (unpaired) electrons. The molecule has 1 unspecified atom stereocenters. The molecular formula is C15H17F3N2O3. The molecule has 1 aromatic rings. The van der Waals surface area contributed by atoms with Crippen LogP contribution in [0.5, 0.6) is 0 Å². The van der Waals surface area contributed by atoms with Crippen LogP contribution < -0.4 is 5.32 Å². The van der Waals surface area contributed by atoms with Gasteiger partial charge in [0, 0.05) is 5.69 Å². The third kappa shape index (κ3) is 5.23. The van der Waals surface area contributed by atoms with E-state index in [4.69, 9.17) is 10.00 Å². The van der Waals surface area contributed by atoms with E-state index in [2.05, 4.69) is 5.32 Å². The van der Waals surface area contributed by atoms with Gasteiger partial charge in [-0.15, -0.1) is 0 Å². The number of carbonyl (C=O) groups excluding carboxylic acids is 1. The summed E-state index contributed by atoms with van der Waals surface area (Å²) in [5, 5.41) is 20.9. The maximum atomic E-state index is 12.9. The van der Waals surface area contributed by atoms with E-state index in [0.717, 1.165) is 12.1 Å². The predicted molar refractivity (Wildman–Crippen MR) is 76.5 cm³/mol. The van der Waals surface area contributed by atoms with Crippen molar-refractivity contribution in [2.75, 3.05) is 11.9 Å². The second-order valence-electron chi connectivity index (χ2n) is 5.46. The third-order valence-electron chi connectivity index (χ3n) is 2.89. The van der Waals surface area contributed by atoms with Crippen LogP contribution in [-0.2, 0) is 15.7 Å². The van der Waals surface area contributed by atoms with E-state index >= 15 is 0 Å². The van der Waals surface area contributed by atoms with Crippen molar-refractivity contribution in [1.29, 1.82) is 5.26 Å². The Kier molecular flexibility index (Phi) is 5.75. The lowest BCUT2D eigenvalue weighted by molar-refractivity contribution is -0.140. The van der Waals surface area contributed by atoms with Gasteiger partial charge in [0.15, 0.2) is 5.60 Å². The number of ether oxygens (including phenoxy) is 1. The van der Waals surface area contributed by atoms with E-state index < -0.39 is 28.8 Å². The van der Waals surface area contributed by atoms with Gasteiger partial charge in [-0.2, -0.15) is 18.4 Å². The molecule has 0 saturated carbocycles. The van der Waals surface area contributed by atoms with Crippen molar-refractivity contribution in [1.82, 2.24) is 0 Å². The monoisotopic (exact) mass is 330 g/mol. The summed E-state index contributed by atoms with van der Waals surface area (Å²) in [6.45, 7) is 4.31. The van der Waals surface area contributed by atoms with Gasteiger partial charge in [-0.05, 0) is 39.0 Å². The van der Waals surface area contributed by atoms with Crippen molar-refractivity contribution < 1.29 is 27.8 Å². The summed E-state index contributed by atoms with van der Waals surface area (Å²) in [4.78, 5) is 12.0. The van der Waals surface area contributed by atoms with Crippen LogP contribution in [0, 0.1) is 11.3 Å². The molecule has 0 aromatic heterocycles. The van der Waals surface area contributed by atoms with E-state index in [1.165, 1.54) is 13.0 Å². The first-order valence-corrected chi connectivity index (χ1v) is 6.74. The summed E-state index contributed by atoms with van der Waals surface area (Å²) in [5.41, 5.74) is -3.79. The number of nitriles is 1. The van der Waals surface area contributed by atoms with Gasteiger partial charge in [0.25, 0.3) is 5.91 Å². The van der Waals surface area contributed by atoms with Gasteiger partial charge in [0.2, 0.25) is 0 Å². The smallest absolute Gasteiger partial charge is 0.378 e. The van der Waals surface area contributed by atoms with Gasteiger partial charge in [0.1, 0.15) is 0 Å². The van der Waals surface area contributed by atoms with Gasteiger partial charge in [0.05, 0.1) is 29.9 Å². The van der Waals surface area contributed by atoms with Crippen LogP contribution in [0.15, 0.2) is 18.2 Å². The zero-order valence-electron chi connectivity index (χ0n) is 12.9. The molecule has 0 aliphatic heterocycles. The number of halogens is 3. The molecule has 0 aliphatic carbocycles. The lowest BCUT2D eigenvalue weighted by Crippen LogP contribution is -2.44. The lowest BCUT2D eigenvalue weighted by Gasteiger charge is -2.23. The molecule has 0 heterocycles. The van der Waals surface area contributed by atoms with Gasteiger partial charge < -0.3 is 15.2 Å². The molecule has 126 valence electrons. The molecule has 1 rings (SSSR count). The fourth-order valence-corrected chi connectivity index (χ4v) is 1.61. The van der Waals surface area contributed by atoms with Crippen molar-refractivity contribution in [3.63, 3.8) is 0 Å². The standard InChI is InChI=1S/C15H17F3N2O3/c1-9(2)23-8-14(3,22)13(21)20-11-5-4-10(7-19)12(6-11)15(16,17)18/h4-6,9,22H,8H2,1-3H3,(H,20,21). The number of anilines is 1. The fourth-order valence-electron chi connectivity index (χ4n) is 1.61. The molecule has 23 heavy (non-hydrogen) atoms. The number of alkyl halides is 3. The fraction of sp³-hybridized carbons (Fsp3) is 0.467. The van der Waals surface area contributed by atoms with Crippen LogP contribution in [0.25, 0.3) is 0 Å². The Morgan fingerprint density at radius 1 is 1.43 bits per heavy atom. The highest BCUT2D eigenvalue weighted by Crippen LogP contribution is 2.33. The van der Waals surface area contributed by atoms with Crippen LogP contribution >= 0.6 is 0 Å². The van der Waals surface area contributed by atoms with Crippen LogP contribution in [0.1, 0.15) is 31.9 Å². The first-order valence-electron chi connectivity index (χ1n) is 6.74. The molecule has 0 spiro atoms. The molecule has 0 fully saturated rings. The SMILES string of the molecule is CC(C)OCC(C)(O)C(=O)Nc1ccc(C#N)c(C(F)(F)F)c1. The van der Waals surface area contributed by atoms with E-state index in [0.29, 0.717) is 6.07 Å². The average molecular weight is 330 g/mol. The second kappa shape index (κ2) is 6.98. The van der Waals surface area contributed by atoms with Crippen molar-refractivity contribution in [3.8, 4) is 6.07 Å². The molecule has 0 saturated heterocycles. The zero-order chi connectivity index (χ0) is 17.8. The van der Waals surface area contributed by atoms with Crippen molar-refractivity contribution in [2.45, 2.75) is 38.7 Å². The van der Waals surface area contributed by atoms with Crippen molar-refractivity contribution in [2.24, 2.45) is 0 Å². The number of hydrogen-bond donors (Lipinski definition) is 2. The number of hydrogen-bond acceptors (Lipinski definition) is 4. The topological polar surface area (TPSA) is 82.3 Å². The Morgan fingerprint density at radius 3 is 2.52 bits per heavy atom. The van der Waals surface area contributed by atoms with E-state index in [9.17, 15) is 23.1 Å². The third-order valence-corrected chi connectivity index (χ3v) is 2.89. The summed E-state index contributed by atoms with van der Waals surface area (Å²) in [6, 6.07) is 4.21. The van der Waals surface area contributed by atoms with Gasteiger partial charge >= 0.3 is 6.18 Å². The van der Waals surface area contributed by atoms with Gasteiger partial charge in [-0.25, -0.2) is 0 Å². The van der Waals surface area contributed by atoms with Crippen LogP contribution in [-0.4, -0.2) is 29.3 Å².